The highest BCUT2D eigenvalue weighted by molar-refractivity contribution is 5.94. The molecule has 0 atom stereocenters. The van der Waals surface area contributed by atoms with E-state index in [9.17, 15) is 4.79 Å². The molecule has 0 aromatic heterocycles. The zero-order valence-electron chi connectivity index (χ0n) is 17.3. The molecule has 0 saturated carbocycles. The summed E-state index contributed by atoms with van der Waals surface area (Å²) in [6, 6.07) is 15.1. The van der Waals surface area contributed by atoms with Crippen LogP contribution in [-0.4, -0.2) is 52.3 Å². The van der Waals surface area contributed by atoms with Gasteiger partial charge in [0.15, 0.2) is 5.96 Å². The molecule has 2 aromatic rings. The number of aliphatic imine (C=N–C) groups is 1. The first-order chi connectivity index (χ1) is 14.2. The van der Waals surface area contributed by atoms with E-state index in [0.29, 0.717) is 25.3 Å². The summed E-state index contributed by atoms with van der Waals surface area (Å²) in [6.07, 6.45) is 0.752. The van der Waals surface area contributed by atoms with E-state index in [-0.39, 0.29) is 5.91 Å². The second-order valence-corrected chi connectivity index (χ2v) is 6.24. The quantitative estimate of drug-likeness (QED) is 0.325. The van der Waals surface area contributed by atoms with Crippen LogP contribution in [0.5, 0.6) is 11.5 Å². The zero-order chi connectivity index (χ0) is 20.9. The number of carbonyl (C=O) groups excluding carboxylic acids is 1. The normalized spacial score (nSPS) is 10.9. The topological polar surface area (TPSA) is 84.0 Å². The van der Waals surface area contributed by atoms with Crippen LogP contribution in [0.25, 0.3) is 0 Å². The van der Waals surface area contributed by atoms with E-state index >= 15 is 0 Å². The lowest BCUT2D eigenvalue weighted by molar-refractivity contribution is 0.0963. The highest BCUT2D eigenvalue weighted by atomic mass is 16.5. The molecule has 0 heterocycles. The summed E-state index contributed by atoms with van der Waals surface area (Å²) < 4.78 is 10.9. The maximum absolute atomic E-state index is 11.7. The Bertz CT molecular complexity index is 808. The Hall–Kier alpha value is -3.22. The number of benzene rings is 2. The van der Waals surface area contributed by atoms with Crippen LogP contribution in [0.1, 0.15) is 22.8 Å². The van der Waals surface area contributed by atoms with Gasteiger partial charge in [-0.1, -0.05) is 18.2 Å². The fourth-order valence-electron chi connectivity index (χ4n) is 2.68. The predicted octanol–water partition coefficient (Wildman–Crippen LogP) is 2.23. The zero-order valence-corrected chi connectivity index (χ0v) is 17.3. The van der Waals surface area contributed by atoms with Gasteiger partial charge in [-0.15, -0.1) is 0 Å². The largest absolute Gasteiger partial charge is 0.497 e. The molecule has 0 spiro atoms. The molecular formula is C22H30N4O3. The molecule has 0 unspecified atom stereocenters. The van der Waals surface area contributed by atoms with Crippen molar-refractivity contribution in [2.75, 3.05) is 40.4 Å². The molecule has 29 heavy (non-hydrogen) atoms. The Morgan fingerprint density at radius 1 is 1.07 bits per heavy atom. The van der Waals surface area contributed by atoms with Crippen LogP contribution in [-0.2, 0) is 6.42 Å². The van der Waals surface area contributed by atoms with Crippen molar-refractivity contribution in [2.45, 2.75) is 13.3 Å². The third-order valence-corrected chi connectivity index (χ3v) is 4.14. The van der Waals surface area contributed by atoms with Crippen LogP contribution in [0, 0.1) is 0 Å². The van der Waals surface area contributed by atoms with Crippen molar-refractivity contribution in [3.05, 3.63) is 59.7 Å². The van der Waals surface area contributed by atoms with Crippen LogP contribution >= 0.6 is 0 Å². The average Bonchev–Trinajstić information content (AvgIpc) is 2.76. The predicted molar refractivity (Wildman–Crippen MR) is 116 cm³/mol. The van der Waals surface area contributed by atoms with Gasteiger partial charge in [0.25, 0.3) is 5.91 Å². The summed E-state index contributed by atoms with van der Waals surface area (Å²) in [4.78, 5) is 16.3. The van der Waals surface area contributed by atoms with Gasteiger partial charge in [-0.3, -0.25) is 9.79 Å². The van der Waals surface area contributed by atoms with E-state index in [4.69, 9.17) is 9.47 Å². The molecule has 156 valence electrons. The lowest BCUT2D eigenvalue weighted by atomic mass is 10.1. The Kier molecular flexibility index (Phi) is 9.35. The number of nitrogens with one attached hydrogen (secondary N) is 3. The molecule has 3 N–H and O–H groups in total. The number of amides is 1. The van der Waals surface area contributed by atoms with Crippen molar-refractivity contribution >= 4 is 11.9 Å². The fourth-order valence-corrected chi connectivity index (χ4v) is 2.68. The molecule has 7 heteroatoms. The first kappa shape index (κ1) is 22.1. The second kappa shape index (κ2) is 12.3. The maximum Gasteiger partial charge on any atom is 0.251 e. The van der Waals surface area contributed by atoms with Gasteiger partial charge in [0.05, 0.1) is 13.7 Å². The van der Waals surface area contributed by atoms with E-state index in [0.717, 1.165) is 36.0 Å². The van der Waals surface area contributed by atoms with Crippen molar-refractivity contribution in [1.29, 1.82) is 0 Å². The molecule has 0 fully saturated rings. The highest BCUT2D eigenvalue weighted by Crippen LogP contribution is 2.18. The summed E-state index contributed by atoms with van der Waals surface area (Å²) in [5.41, 5.74) is 1.74. The monoisotopic (exact) mass is 398 g/mol. The number of carbonyl (C=O) groups is 1. The van der Waals surface area contributed by atoms with Gasteiger partial charge in [-0.05, 0) is 43.2 Å². The number of ether oxygens (including phenoxy) is 2. The summed E-state index contributed by atoms with van der Waals surface area (Å²) in [5.74, 6) is 2.19. The van der Waals surface area contributed by atoms with Gasteiger partial charge < -0.3 is 25.4 Å². The molecule has 0 radical (unpaired) electrons. The van der Waals surface area contributed by atoms with E-state index in [1.807, 2.05) is 49.4 Å². The highest BCUT2D eigenvalue weighted by Gasteiger charge is 2.04. The summed E-state index contributed by atoms with van der Waals surface area (Å²) in [5, 5.41) is 9.13. The minimum Gasteiger partial charge on any atom is -0.497 e. The van der Waals surface area contributed by atoms with E-state index < -0.39 is 0 Å². The minimum atomic E-state index is -0.0820. The van der Waals surface area contributed by atoms with Crippen LogP contribution in [0.15, 0.2) is 53.5 Å². The summed E-state index contributed by atoms with van der Waals surface area (Å²) in [7, 11) is 3.26. The Morgan fingerprint density at radius 2 is 1.86 bits per heavy atom. The maximum atomic E-state index is 11.7. The van der Waals surface area contributed by atoms with Crippen molar-refractivity contribution in [1.82, 2.24) is 16.0 Å². The van der Waals surface area contributed by atoms with Crippen molar-refractivity contribution < 1.29 is 14.3 Å². The van der Waals surface area contributed by atoms with Crippen LogP contribution in [0.2, 0.25) is 0 Å². The third-order valence-electron chi connectivity index (χ3n) is 4.14. The number of guanidine groups is 1. The van der Waals surface area contributed by atoms with Gasteiger partial charge in [0.2, 0.25) is 0 Å². The van der Waals surface area contributed by atoms with Gasteiger partial charge in [-0.25, -0.2) is 0 Å². The van der Waals surface area contributed by atoms with Crippen LogP contribution in [0.4, 0.5) is 0 Å². The molecule has 2 rings (SSSR count). The Labute approximate surface area is 172 Å². The van der Waals surface area contributed by atoms with E-state index in [1.54, 1.807) is 20.2 Å². The summed E-state index contributed by atoms with van der Waals surface area (Å²) in [6.45, 7) is 4.54. The molecular weight excluding hydrogens is 368 g/mol. The molecule has 0 saturated heterocycles. The average molecular weight is 399 g/mol. The van der Waals surface area contributed by atoms with Crippen molar-refractivity contribution in [3.8, 4) is 11.5 Å². The second-order valence-electron chi connectivity index (χ2n) is 6.24. The first-order valence-electron chi connectivity index (χ1n) is 9.76. The third kappa shape index (κ3) is 7.73. The fraction of sp³-hybridized carbons (Fsp3) is 0.364. The molecule has 0 bridgehead atoms. The van der Waals surface area contributed by atoms with Crippen LogP contribution < -0.4 is 25.4 Å². The molecule has 7 nitrogen and oxygen atoms in total. The lowest BCUT2D eigenvalue weighted by Gasteiger charge is -2.12. The van der Waals surface area contributed by atoms with Crippen LogP contribution in [0.3, 0.4) is 0 Å². The van der Waals surface area contributed by atoms with E-state index in [1.165, 1.54) is 0 Å². The number of hydrogen-bond donors (Lipinski definition) is 3. The van der Waals surface area contributed by atoms with Gasteiger partial charge >= 0.3 is 0 Å². The van der Waals surface area contributed by atoms with Gasteiger partial charge in [-0.2, -0.15) is 0 Å². The smallest absolute Gasteiger partial charge is 0.251 e. The minimum absolute atomic E-state index is 0.0820. The molecule has 0 aliphatic rings. The summed E-state index contributed by atoms with van der Waals surface area (Å²) >= 11 is 0. The number of hydrogen-bond acceptors (Lipinski definition) is 4. The Balaban J connectivity index is 1.80. The number of rotatable bonds is 10. The number of methoxy groups -OCH3 is 1. The van der Waals surface area contributed by atoms with Crippen molar-refractivity contribution in [2.24, 2.45) is 4.99 Å². The molecule has 2 aromatic carbocycles. The van der Waals surface area contributed by atoms with E-state index in [2.05, 4.69) is 20.9 Å². The Morgan fingerprint density at radius 3 is 2.62 bits per heavy atom. The SMILES string of the molecule is CCNC(=NCCc1cccc(C(=O)NC)c1)NCCOc1cccc(OC)c1. The molecule has 1 amide bonds. The van der Waals surface area contributed by atoms with Crippen molar-refractivity contribution in [3.63, 3.8) is 0 Å². The van der Waals surface area contributed by atoms with Gasteiger partial charge in [0.1, 0.15) is 18.1 Å². The molecule has 0 aliphatic carbocycles. The number of nitrogens with zero attached hydrogens (tertiary/aromatic N) is 1. The standard InChI is InChI=1S/C22H30N4O3/c1-4-24-22(26-13-14-29-20-10-6-9-19(16-20)28-3)25-12-11-17-7-5-8-18(15-17)21(27)23-2/h5-10,15-16H,4,11-14H2,1-3H3,(H,23,27)(H2,24,25,26). The van der Waals surface area contributed by atoms with Gasteiger partial charge in [0, 0.05) is 31.8 Å². The lowest BCUT2D eigenvalue weighted by Crippen LogP contribution is -2.39. The molecule has 0 aliphatic heterocycles. The first-order valence-corrected chi connectivity index (χ1v) is 9.76.